The number of nitrogens with one attached hydrogen (secondary N) is 1. The van der Waals surface area contributed by atoms with Crippen molar-refractivity contribution in [3.63, 3.8) is 0 Å². The SMILES string of the molecule is CC(NCC1CC1(C)C)c1cscn1. The predicted octanol–water partition coefficient (Wildman–Crippen LogP) is 2.84. The number of rotatable bonds is 4. The normalized spacial score (nSPS) is 26.1. The van der Waals surface area contributed by atoms with E-state index in [2.05, 4.69) is 36.5 Å². The van der Waals surface area contributed by atoms with Crippen molar-refractivity contribution >= 4 is 11.3 Å². The summed E-state index contributed by atoms with van der Waals surface area (Å²) in [5, 5.41) is 5.67. The second-order valence-corrected chi connectivity index (χ2v) is 5.65. The van der Waals surface area contributed by atoms with E-state index in [9.17, 15) is 0 Å². The zero-order valence-electron chi connectivity index (χ0n) is 9.08. The van der Waals surface area contributed by atoms with Crippen molar-refractivity contribution < 1.29 is 0 Å². The van der Waals surface area contributed by atoms with Crippen molar-refractivity contribution in [1.29, 1.82) is 0 Å². The van der Waals surface area contributed by atoms with Crippen LogP contribution in [0, 0.1) is 11.3 Å². The minimum atomic E-state index is 0.401. The summed E-state index contributed by atoms with van der Waals surface area (Å²) in [5.41, 5.74) is 3.65. The molecule has 1 aromatic heterocycles. The molecule has 0 aromatic carbocycles. The third kappa shape index (κ3) is 2.15. The quantitative estimate of drug-likeness (QED) is 0.826. The molecule has 2 rings (SSSR count). The largest absolute Gasteiger partial charge is 0.309 e. The molecule has 1 aliphatic rings. The maximum Gasteiger partial charge on any atom is 0.0795 e. The Kier molecular flexibility index (Phi) is 2.62. The zero-order chi connectivity index (χ0) is 10.2. The van der Waals surface area contributed by atoms with Gasteiger partial charge in [-0.05, 0) is 31.2 Å². The summed E-state index contributed by atoms with van der Waals surface area (Å²) >= 11 is 1.67. The zero-order valence-corrected chi connectivity index (χ0v) is 9.90. The van der Waals surface area contributed by atoms with Gasteiger partial charge in [-0.2, -0.15) is 0 Å². The second kappa shape index (κ2) is 3.63. The summed E-state index contributed by atoms with van der Waals surface area (Å²) in [6, 6.07) is 0.401. The summed E-state index contributed by atoms with van der Waals surface area (Å²) in [5.74, 6) is 0.864. The Morgan fingerprint density at radius 3 is 2.93 bits per heavy atom. The Morgan fingerprint density at radius 1 is 1.71 bits per heavy atom. The summed E-state index contributed by atoms with van der Waals surface area (Å²) < 4.78 is 0. The van der Waals surface area contributed by atoms with Crippen molar-refractivity contribution in [3.8, 4) is 0 Å². The van der Waals surface area contributed by atoms with Gasteiger partial charge in [0.2, 0.25) is 0 Å². The molecule has 78 valence electrons. The maximum atomic E-state index is 4.31. The van der Waals surface area contributed by atoms with E-state index < -0.39 is 0 Å². The van der Waals surface area contributed by atoms with E-state index >= 15 is 0 Å². The van der Waals surface area contributed by atoms with Crippen molar-refractivity contribution in [2.75, 3.05) is 6.54 Å². The Bertz CT molecular complexity index is 292. The third-order valence-electron chi connectivity index (χ3n) is 3.28. The lowest BCUT2D eigenvalue weighted by molar-refractivity contribution is 0.481. The van der Waals surface area contributed by atoms with E-state index in [0.29, 0.717) is 11.5 Å². The Morgan fingerprint density at radius 2 is 2.43 bits per heavy atom. The minimum absolute atomic E-state index is 0.401. The lowest BCUT2D eigenvalue weighted by atomic mass is 10.1. The first-order valence-corrected chi connectivity index (χ1v) is 6.15. The van der Waals surface area contributed by atoms with Gasteiger partial charge in [-0.15, -0.1) is 11.3 Å². The molecule has 2 unspecified atom stereocenters. The van der Waals surface area contributed by atoms with Gasteiger partial charge in [0.05, 0.1) is 11.2 Å². The van der Waals surface area contributed by atoms with Gasteiger partial charge in [0, 0.05) is 11.4 Å². The van der Waals surface area contributed by atoms with E-state index in [1.165, 1.54) is 12.1 Å². The summed E-state index contributed by atoms with van der Waals surface area (Å²) in [4.78, 5) is 4.31. The molecule has 0 aliphatic heterocycles. The van der Waals surface area contributed by atoms with Gasteiger partial charge in [0.15, 0.2) is 0 Å². The van der Waals surface area contributed by atoms with Crippen LogP contribution in [-0.4, -0.2) is 11.5 Å². The Balaban J connectivity index is 1.77. The van der Waals surface area contributed by atoms with Gasteiger partial charge in [-0.25, -0.2) is 4.98 Å². The molecule has 0 bridgehead atoms. The topological polar surface area (TPSA) is 24.9 Å². The number of thiazole rings is 1. The first-order chi connectivity index (χ1) is 6.59. The average Bonchev–Trinajstić information content (AvgIpc) is 2.58. The van der Waals surface area contributed by atoms with Gasteiger partial charge in [0.25, 0.3) is 0 Å². The standard InChI is InChI=1S/C11H18N2S/c1-8(10-6-14-7-13-10)12-5-9-4-11(9,2)3/h6-9,12H,4-5H2,1-3H3. The van der Waals surface area contributed by atoms with Crippen LogP contribution in [0.15, 0.2) is 10.9 Å². The predicted molar refractivity (Wildman–Crippen MR) is 60.4 cm³/mol. The van der Waals surface area contributed by atoms with Gasteiger partial charge >= 0.3 is 0 Å². The van der Waals surface area contributed by atoms with Crippen LogP contribution in [0.3, 0.4) is 0 Å². The van der Waals surface area contributed by atoms with Gasteiger partial charge in [-0.1, -0.05) is 13.8 Å². The highest BCUT2D eigenvalue weighted by atomic mass is 32.1. The molecule has 14 heavy (non-hydrogen) atoms. The van der Waals surface area contributed by atoms with Crippen molar-refractivity contribution in [3.05, 3.63) is 16.6 Å². The molecule has 1 fully saturated rings. The Hall–Kier alpha value is -0.410. The molecular weight excluding hydrogens is 192 g/mol. The van der Waals surface area contributed by atoms with Gasteiger partial charge in [0.1, 0.15) is 0 Å². The highest BCUT2D eigenvalue weighted by Gasteiger charge is 2.44. The molecule has 2 atom stereocenters. The first kappa shape index (κ1) is 10.1. The number of nitrogens with zero attached hydrogens (tertiary/aromatic N) is 1. The van der Waals surface area contributed by atoms with E-state index in [4.69, 9.17) is 0 Å². The third-order valence-corrected chi connectivity index (χ3v) is 3.89. The molecule has 3 heteroatoms. The van der Waals surface area contributed by atoms with Crippen LogP contribution in [0.1, 0.15) is 38.9 Å². The molecule has 1 heterocycles. The highest BCUT2D eigenvalue weighted by molar-refractivity contribution is 7.07. The van der Waals surface area contributed by atoms with Gasteiger partial charge in [-0.3, -0.25) is 0 Å². The van der Waals surface area contributed by atoms with E-state index in [0.717, 1.165) is 12.5 Å². The lowest BCUT2D eigenvalue weighted by Gasteiger charge is -2.11. The van der Waals surface area contributed by atoms with E-state index in [-0.39, 0.29) is 0 Å². The highest BCUT2D eigenvalue weighted by Crippen LogP contribution is 2.51. The molecule has 1 aliphatic carbocycles. The van der Waals surface area contributed by atoms with Crippen LogP contribution in [-0.2, 0) is 0 Å². The molecule has 2 nitrogen and oxygen atoms in total. The number of hydrogen-bond acceptors (Lipinski definition) is 3. The van der Waals surface area contributed by atoms with Crippen LogP contribution >= 0.6 is 11.3 Å². The maximum absolute atomic E-state index is 4.31. The molecule has 0 spiro atoms. The summed E-state index contributed by atoms with van der Waals surface area (Å²) in [6.07, 6.45) is 1.36. The van der Waals surface area contributed by atoms with Crippen LogP contribution in [0.2, 0.25) is 0 Å². The number of hydrogen-bond donors (Lipinski definition) is 1. The van der Waals surface area contributed by atoms with Crippen LogP contribution < -0.4 is 5.32 Å². The van der Waals surface area contributed by atoms with E-state index in [1.54, 1.807) is 11.3 Å². The molecule has 1 N–H and O–H groups in total. The average molecular weight is 210 g/mol. The van der Waals surface area contributed by atoms with Crippen LogP contribution in [0.5, 0.6) is 0 Å². The minimum Gasteiger partial charge on any atom is -0.309 e. The fourth-order valence-corrected chi connectivity index (χ4v) is 2.43. The Labute approximate surface area is 89.8 Å². The van der Waals surface area contributed by atoms with Crippen molar-refractivity contribution in [1.82, 2.24) is 10.3 Å². The molecule has 1 aromatic rings. The van der Waals surface area contributed by atoms with Crippen LogP contribution in [0.25, 0.3) is 0 Å². The fraction of sp³-hybridized carbons (Fsp3) is 0.727. The molecular formula is C11H18N2S. The molecule has 0 amide bonds. The lowest BCUT2D eigenvalue weighted by Crippen LogP contribution is -2.22. The van der Waals surface area contributed by atoms with Crippen molar-refractivity contribution in [2.24, 2.45) is 11.3 Å². The smallest absolute Gasteiger partial charge is 0.0795 e. The molecule has 0 radical (unpaired) electrons. The van der Waals surface area contributed by atoms with Crippen molar-refractivity contribution in [2.45, 2.75) is 33.2 Å². The molecule has 1 saturated carbocycles. The fourth-order valence-electron chi connectivity index (χ4n) is 1.78. The van der Waals surface area contributed by atoms with E-state index in [1.807, 2.05) is 5.51 Å². The second-order valence-electron chi connectivity index (χ2n) is 4.93. The summed E-state index contributed by atoms with van der Waals surface area (Å²) in [6.45, 7) is 8.00. The monoisotopic (exact) mass is 210 g/mol. The number of aromatic nitrogens is 1. The van der Waals surface area contributed by atoms with Gasteiger partial charge < -0.3 is 5.32 Å². The first-order valence-electron chi connectivity index (χ1n) is 5.21. The summed E-state index contributed by atoms with van der Waals surface area (Å²) in [7, 11) is 0. The molecule has 0 saturated heterocycles. The van der Waals surface area contributed by atoms with Crippen LogP contribution in [0.4, 0.5) is 0 Å².